The number of piperidine rings is 1. The van der Waals surface area contributed by atoms with E-state index in [0.717, 1.165) is 38.8 Å². The average molecular weight is 350 g/mol. The van der Waals surface area contributed by atoms with Gasteiger partial charge in [-0.2, -0.15) is 4.31 Å². The molecule has 0 N–H and O–H groups in total. The zero-order chi connectivity index (χ0) is 16.8. The number of anilines is 1. The van der Waals surface area contributed by atoms with Gasteiger partial charge in [0.05, 0.1) is 17.5 Å². The second kappa shape index (κ2) is 6.00. The first-order valence-corrected chi connectivity index (χ1v) is 10.4. The van der Waals surface area contributed by atoms with Crippen LogP contribution in [0.25, 0.3) is 0 Å². The molecule has 1 aromatic carbocycles. The van der Waals surface area contributed by atoms with Crippen LogP contribution in [0.15, 0.2) is 24.3 Å². The summed E-state index contributed by atoms with van der Waals surface area (Å²) >= 11 is 0. The molecule has 2 saturated heterocycles. The van der Waals surface area contributed by atoms with Crippen molar-refractivity contribution in [2.45, 2.75) is 43.5 Å². The van der Waals surface area contributed by atoms with Crippen LogP contribution in [0.4, 0.5) is 5.69 Å². The van der Waals surface area contributed by atoms with Gasteiger partial charge in [0.1, 0.15) is 0 Å². The zero-order valence-corrected chi connectivity index (χ0v) is 15.1. The fourth-order valence-corrected chi connectivity index (χ4v) is 5.89. The lowest BCUT2D eigenvalue weighted by atomic mass is 9.91. The van der Waals surface area contributed by atoms with Gasteiger partial charge in [0.2, 0.25) is 10.0 Å². The number of sulfonamides is 1. The molecular weight excluding hydrogens is 324 g/mol. The number of rotatable bonds is 3. The van der Waals surface area contributed by atoms with E-state index in [9.17, 15) is 8.42 Å². The van der Waals surface area contributed by atoms with E-state index in [2.05, 4.69) is 36.1 Å². The molecule has 4 rings (SSSR count). The lowest BCUT2D eigenvalue weighted by molar-refractivity contribution is -0.0950. The molecule has 1 aromatic rings. The van der Waals surface area contributed by atoms with Gasteiger partial charge in [-0.3, -0.25) is 0 Å². The molecule has 24 heavy (non-hydrogen) atoms. The van der Waals surface area contributed by atoms with Gasteiger partial charge in [-0.15, -0.1) is 0 Å². The van der Waals surface area contributed by atoms with Crippen molar-refractivity contribution in [1.82, 2.24) is 4.31 Å². The Labute approximate surface area is 144 Å². The predicted octanol–water partition coefficient (Wildman–Crippen LogP) is 2.16. The average Bonchev–Trinajstić information content (AvgIpc) is 3.40. The van der Waals surface area contributed by atoms with Crippen LogP contribution in [0.5, 0.6) is 0 Å². The lowest BCUT2D eigenvalue weighted by Gasteiger charge is -2.48. The van der Waals surface area contributed by atoms with E-state index in [4.69, 9.17) is 4.74 Å². The first-order chi connectivity index (χ1) is 11.5. The Morgan fingerprint density at radius 1 is 1.21 bits per heavy atom. The van der Waals surface area contributed by atoms with Crippen LogP contribution in [-0.2, 0) is 14.8 Å². The Morgan fingerprint density at radius 3 is 2.79 bits per heavy atom. The zero-order valence-electron chi connectivity index (χ0n) is 14.3. The molecule has 3 aliphatic rings. The van der Waals surface area contributed by atoms with Crippen molar-refractivity contribution in [3.8, 4) is 0 Å². The van der Waals surface area contributed by atoms with Crippen LogP contribution < -0.4 is 4.90 Å². The first-order valence-electron chi connectivity index (χ1n) is 8.93. The normalized spacial score (nSPS) is 29.1. The predicted molar refractivity (Wildman–Crippen MR) is 94.8 cm³/mol. The molecule has 3 fully saturated rings. The maximum Gasteiger partial charge on any atom is 0.217 e. The molecule has 132 valence electrons. The number of morpholine rings is 1. The quantitative estimate of drug-likeness (QED) is 0.838. The smallest absolute Gasteiger partial charge is 0.217 e. The van der Waals surface area contributed by atoms with Gasteiger partial charge in [0.15, 0.2) is 0 Å². The van der Waals surface area contributed by atoms with E-state index in [0.29, 0.717) is 19.7 Å². The second-order valence-corrected chi connectivity index (χ2v) is 9.69. The largest absolute Gasteiger partial charge is 0.370 e. The van der Waals surface area contributed by atoms with Crippen LogP contribution in [0.2, 0.25) is 0 Å². The van der Waals surface area contributed by atoms with Crippen molar-refractivity contribution >= 4 is 15.7 Å². The summed E-state index contributed by atoms with van der Waals surface area (Å²) in [6.45, 7) is 5.40. The SMILES string of the molecule is Cc1cccc(N2CCC[C@@]3(C2)CN(S(=O)(=O)C2CC2)CCO3)c1. The van der Waals surface area contributed by atoms with Gasteiger partial charge in [0.25, 0.3) is 0 Å². The topological polar surface area (TPSA) is 49.9 Å². The summed E-state index contributed by atoms with van der Waals surface area (Å²) in [4.78, 5) is 2.35. The summed E-state index contributed by atoms with van der Waals surface area (Å²) in [5.74, 6) is 0. The van der Waals surface area contributed by atoms with Crippen molar-refractivity contribution in [2.24, 2.45) is 0 Å². The van der Waals surface area contributed by atoms with Crippen LogP contribution in [0.3, 0.4) is 0 Å². The van der Waals surface area contributed by atoms with Crippen LogP contribution >= 0.6 is 0 Å². The lowest BCUT2D eigenvalue weighted by Crippen LogP contribution is -2.61. The van der Waals surface area contributed by atoms with Crippen molar-refractivity contribution in [2.75, 3.05) is 37.7 Å². The minimum atomic E-state index is -3.12. The number of benzene rings is 1. The molecule has 2 heterocycles. The fraction of sp³-hybridized carbons (Fsp3) is 0.667. The Bertz CT molecular complexity index is 713. The molecule has 6 heteroatoms. The molecule has 1 saturated carbocycles. The molecule has 5 nitrogen and oxygen atoms in total. The molecule has 1 aliphatic carbocycles. The van der Waals surface area contributed by atoms with E-state index in [1.807, 2.05) is 0 Å². The molecule has 0 radical (unpaired) electrons. The number of aryl methyl sites for hydroxylation is 1. The maximum absolute atomic E-state index is 12.6. The Balaban J connectivity index is 1.53. The van der Waals surface area contributed by atoms with Gasteiger partial charge in [-0.05, 0) is 50.3 Å². The van der Waals surface area contributed by atoms with Crippen molar-refractivity contribution in [1.29, 1.82) is 0 Å². The highest BCUT2D eigenvalue weighted by Crippen LogP contribution is 2.36. The van der Waals surface area contributed by atoms with Gasteiger partial charge >= 0.3 is 0 Å². The fourth-order valence-electron chi connectivity index (χ4n) is 3.99. The molecule has 2 aliphatic heterocycles. The van der Waals surface area contributed by atoms with Crippen molar-refractivity contribution in [3.63, 3.8) is 0 Å². The summed E-state index contributed by atoms with van der Waals surface area (Å²) < 4.78 is 33.1. The van der Waals surface area contributed by atoms with Crippen LogP contribution in [0, 0.1) is 6.92 Å². The summed E-state index contributed by atoms with van der Waals surface area (Å²) in [5, 5.41) is -0.135. The molecule has 0 bridgehead atoms. The molecule has 0 aromatic heterocycles. The maximum atomic E-state index is 12.6. The minimum absolute atomic E-state index is 0.135. The molecular formula is C18H26N2O3S. The second-order valence-electron chi connectivity index (χ2n) is 7.47. The van der Waals surface area contributed by atoms with Gasteiger partial charge in [-0.25, -0.2) is 8.42 Å². The molecule has 0 unspecified atom stereocenters. The minimum Gasteiger partial charge on any atom is -0.370 e. The number of hydrogen-bond donors (Lipinski definition) is 0. The summed E-state index contributed by atoms with van der Waals surface area (Å²) in [7, 11) is -3.12. The van der Waals surface area contributed by atoms with Crippen molar-refractivity contribution < 1.29 is 13.2 Å². The van der Waals surface area contributed by atoms with Crippen LogP contribution in [-0.4, -0.2) is 56.4 Å². The van der Waals surface area contributed by atoms with Crippen molar-refractivity contribution in [3.05, 3.63) is 29.8 Å². The number of hydrogen-bond acceptors (Lipinski definition) is 4. The molecule has 0 amide bonds. The summed E-state index contributed by atoms with van der Waals surface area (Å²) in [6, 6.07) is 8.51. The number of ether oxygens (including phenoxy) is 1. The third-order valence-corrected chi connectivity index (χ3v) is 7.77. The van der Waals surface area contributed by atoms with Crippen LogP contribution in [0.1, 0.15) is 31.2 Å². The number of nitrogens with zero attached hydrogens (tertiary/aromatic N) is 2. The van der Waals surface area contributed by atoms with Gasteiger partial charge < -0.3 is 9.64 Å². The third kappa shape index (κ3) is 3.07. The standard InChI is InChI=1S/C18H26N2O3S/c1-15-4-2-5-16(12-15)19-9-3-8-18(13-19)14-20(10-11-23-18)24(21,22)17-6-7-17/h2,4-5,12,17H,3,6-11,13-14H2,1H3/t18-/m1/s1. The molecule has 1 atom stereocenters. The van der Waals surface area contributed by atoms with E-state index < -0.39 is 10.0 Å². The van der Waals surface area contributed by atoms with E-state index in [1.165, 1.54) is 11.3 Å². The Morgan fingerprint density at radius 2 is 2.04 bits per heavy atom. The highest BCUT2D eigenvalue weighted by Gasteiger charge is 2.47. The van der Waals surface area contributed by atoms with E-state index in [-0.39, 0.29) is 10.9 Å². The Hall–Kier alpha value is -1.11. The highest BCUT2D eigenvalue weighted by molar-refractivity contribution is 7.90. The van der Waals surface area contributed by atoms with Gasteiger partial charge in [0, 0.05) is 31.9 Å². The Kier molecular flexibility index (Phi) is 4.09. The summed E-state index contributed by atoms with van der Waals surface area (Å²) in [5.41, 5.74) is 2.09. The third-order valence-electron chi connectivity index (χ3n) is 5.43. The first kappa shape index (κ1) is 16.4. The van der Waals surface area contributed by atoms with Gasteiger partial charge in [-0.1, -0.05) is 12.1 Å². The highest BCUT2D eigenvalue weighted by atomic mass is 32.2. The van der Waals surface area contributed by atoms with E-state index in [1.54, 1.807) is 4.31 Å². The molecule has 1 spiro atoms. The van der Waals surface area contributed by atoms with E-state index >= 15 is 0 Å². The monoisotopic (exact) mass is 350 g/mol. The summed E-state index contributed by atoms with van der Waals surface area (Å²) in [6.07, 6.45) is 3.61.